The van der Waals surface area contributed by atoms with Gasteiger partial charge in [0.2, 0.25) is 5.13 Å². The molecule has 1 aromatic heterocycles. The Hall–Kier alpha value is -3.45. The van der Waals surface area contributed by atoms with E-state index in [2.05, 4.69) is 45.4 Å². The Kier molecular flexibility index (Phi) is 6.74. The number of hydrogen-bond acceptors (Lipinski definition) is 7. The molecule has 0 saturated heterocycles. The minimum absolute atomic E-state index is 0.645. The molecule has 0 N–H and O–H groups in total. The van der Waals surface area contributed by atoms with E-state index in [9.17, 15) is 0 Å². The zero-order valence-electron chi connectivity index (χ0n) is 17.5. The van der Waals surface area contributed by atoms with Gasteiger partial charge in [0.15, 0.2) is 0 Å². The fourth-order valence-corrected chi connectivity index (χ4v) is 3.69. The van der Waals surface area contributed by atoms with Crippen LogP contribution in [-0.2, 0) is 0 Å². The number of fused-ring (bicyclic) bond motifs is 1. The quantitative estimate of drug-likeness (QED) is 0.208. The van der Waals surface area contributed by atoms with Crippen molar-refractivity contribution in [1.82, 2.24) is 4.98 Å². The Bertz CT molecular complexity index is 1200. The third-order valence-corrected chi connectivity index (χ3v) is 5.42. The van der Waals surface area contributed by atoms with Gasteiger partial charge < -0.3 is 4.74 Å². The number of unbranched alkanes of at least 4 members (excludes halogenated alkanes) is 1. The summed E-state index contributed by atoms with van der Waals surface area (Å²) in [6.45, 7) is 4.95. The second kappa shape index (κ2) is 10.0. The van der Waals surface area contributed by atoms with Crippen LogP contribution in [0.15, 0.2) is 87.2 Å². The summed E-state index contributed by atoms with van der Waals surface area (Å²) in [4.78, 5) is 4.49. The summed E-state index contributed by atoms with van der Waals surface area (Å²) in [5.41, 5.74) is 4.42. The molecule has 31 heavy (non-hydrogen) atoms. The van der Waals surface area contributed by atoms with E-state index in [4.69, 9.17) is 4.74 Å². The number of hydrogen-bond donors (Lipinski definition) is 0. The molecule has 7 heteroatoms. The van der Waals surface area contributed by atoms with E-state index in [1.807, 2.05) is 60.7 Å². The zero-order chi connectivity index (χ0) is 21.5. The molecule has 4 aromatic rings. The highest BCUT2D eigenvalue weighted by Crippen LogP contribution is 2.30. The molecular formula is C24H23N5OS. The minimum Gasteiger partial charge on any atom is -0.494 e. The van der Waals surface area contributed by atoms with Crippen molar-refractivity contribution < 1.29 is 4.74 Å². The lowest BCUT2D eigenvalue weighted by molar-refractivity contribution is 0.309. The molecule has 156 valence electrons. The van der Waals surface area contributed by atoms with Crippen molar-refractivity contribution in [3.63, 3.8) is 0 Å². The lowest BCUT2D eigenvalue weighted by atomic mass is 10.2. The molecule has 0 spiro atoms. The van der Waals surface area contributed by atoms with Crippen LogP contribution in [0, 0.1) is 6.92 Å². The van der Waals surface area contributed by atoms with Gasteiger partial charge >= 0.3 is 0 Å². The molecule has 0 fully saturated rings. The molecule has 1 heterocycles. The molecule has 0 amide bonds. The maximum absolute atomic E-state index is 5.66. The summed E-state index contributed by atoms with van der Waals surface area (Å²) in [5.74, 6) is 0.852. The Morgan fingerprint density at radius 2 is 1.42 bits per heavy atom. The van der Waals surface area contributed by atoms with Crippen molar-refractivity contribution in [2.24, 2.45) is 20.5 Å². The highest BCUT2D eigenvalue weighted by atomic mass is 32.1. The van der Waals surface area contributed by atoms with Crippen LogP contribution < -0.4 is 4.74 Å². The molecule has 0 radical (unpaired) electrons. The number of ether oxygens (including phenoxy) is 1. The molecule has 0 aliphatic rings. The second-order valence-corrected chi connectivity index (χ2v) is 8.09. The van der Waals surface area contributed by atoms with Gasteiger partial charge in [-0.1, -0.05) is 30.7 Å². The van der Waals surface area contributed by atoms with Crippen molar-refractivity contribution in [3.05, 3.63) is 72.3 Å². The number of azo groups is 2. The Labute approximate surface area is 185 Å². The van der Waals surface area contributed by atoms with E-state index in [0.717, 1.165) is 52.5 Å². The van der Waals surface area contributed by atoms with Gasteiger partial charge in [-0.15, -0.1) is 10.2 Å². The summed E-state index contributed by atoms with van der Waals surface area (Å²) in [7, 11) is 0. The Balaban J connectivity index is 1.36. The molecule has 3 aromatic carbocycles. The van der Waals surface area contributed by atoms with Crippen LogP contribution in [0.1, 0.15) is 25.3 Å². The largest absolute Gasteiger partial charge is 0.494 e. The van der Waals surface area contributed by atoms with Crippen molar-refractivity contribution in [2.45, 2.75) is 26.7 Å². The van der Waals surface area contributed by atoms with Crippen molar-refractivity contribution in [2.75, 3.05) is 6.61 Å². The van der Waals surface area contributed by atoms with Crippen molar-refractivity contribution in [1.29, 1.82) is 0 Å². The molecule has 4 rings (SSSR count). The van der Waals surface area contributed by atoms with Gasteiger partial charge in [0.1, 0.15) is 5.75 Å². The normalized spacial score (nSPS) is 11.7. The smallest absolute Gasteiger partial charge is 0.231 e. The fraction of sp³-hybridized carbons (Fsp3) is 0.208. The molecule has 0 unspecified atom stereocenters. The lowest BCUT2D eigenvalue weighted by Crippen LogP contribution is -1.95. The number of aryl methyl sites for hydroxylation is 1. The van der Waals surface area contributed by atoms with Crippen LogP contribution in [0.3, 0.4) is 0 Å². The van der Waals surface area contributed by atoms with E-state index in [1.54, 1.807) is 0 Å². The average molecular weight is 430 g/mol. The predicted molar refractivity (Wildman–Crippen MR) is 126 cm³/mol. The third-order valence-electron chi connectivity index (χ3n) is 4.52. The first-order valence-electron chi connectivity index (χ1n) is 10.2. The number of thiazole rings is 1. The highest BCUT2D eigenvalue weighted by molar-refractivity contribution is 7.21. The minimum atomic E-state index is 0.645. The van der Waals surface area contributed by atoms with Gasteiger partial charge in [0.25, 0.3) is 0 Å². The van der Waals surface area contributed by atoms with Crippen LogP contribution in [0.5, 0.6) is 5.75 Å². The first-order valence-corrected chi connectivity index (χ1v) is 11.0. The number of benzene rings is 3. The van der Waals surface area contributed by atoms with E-state index < -0.39 is 0 Å². The van der Waals surface area contributed by atoms with Gasteiger partial charge in [0.05, 0.1) is 33.9 Å². The van der Waals surface area contributed by atoms with Gasteiger partial charge in [-0.3, -0.25) is 0 Å². The van der Waals surface area contributed by atoms with Gasteiger partial charge in [-0.05, 0) is 79.6 Å². The SMILES string of the molecule is CCCCOc1ccc(N=Nc2ccc(N=Nc3nc4ccc(C)cc4s3)cc2)cc1. The predicted octanol–water partition coefficient (Wildman–Crippen LogP) is 8.61. The molecule has 0 bridgehead atoms. The van der Waals surface area contributed by atoms with Crippen LogP contribution in [0.25, 0.3) is 10.2 Å². The molecule has 0 aliphatic heterocycles. The Morgan fingerprint density at radius 3 is 2.06 bits per heavy atom. The summed E-state index contributed by atoms with van der Waals surface area (Å²) in [5, 5.41) is 17.7. The zero-order valence-corrected chi connectivity index (χ0v) is 18.3. The van der Waals surface area contributed by atoms with Gasteiger partial charge in [-0.2, -0.15) is 10.2 Å². The standard InChI is InChI=1S/C24H23N5OS/c1-3-4-15-30-21-12-10-20(11-13-21)27-26-18-6-8-19(9-7-18)28-29-24-25-22-14-5-17(2)16-23(22)31-24/h5-14,16H,3-4,15H2,1-2H3. The molecule has 6 nitrogen and oxygen atoms in total. The lowest BCUT2D eigenvalue weighted by Gasteiger charge is -2.04. The van der Waals surface area contributed by atoms with Gasteiger partial charge in [0, 0.05) is 0 Å². The molecule has 0 aliphatic carbocycles. The maximum atomic E-state index is 5.66. The van der Waals surface area contributed by atoms with Crippen LogP contribution in [-0.4, -0.2) is 11.6 Å². The van der Waals surface area contributed by atoms with Crippen LogP contribution in [0.4, 0.5) is 22.2 Å². The Morgan fingerprint density at radius 1 is 0.806 bits per heavy atom. The monoisotopic (exact) mass is 429 g/mol. The molecule has 0 atom stereocenters. The topological polar surface area (TPSA) is 71.6 Å². The van der Waals surface area contributed by atoms with E-state index in [1.165, 1.54) is 16.9 Å². The van der Waals surface area contributed by atoms with Crippen molar-refractivity contribution >= 4 is 43.7 Å². The van der Waals surface area contributed by atoms with E-state index in [0.29, 0.717) is 5.13 Å². The number of nitrogens with zero attached hydrogens (tertiary/aromatic N) is 5. The third kappa shape index (κ3) is 5.79. The molecular weight excluding hydrogens is 406 g/mol. The van der Waals surface area contributed by atoms with Crippen molar-refractivity contribution in [3.8, 4) is 5.75 Å². The molecule has 0 saturated carbocycles. The van der Waals surface area contributed by atoms with Crippen LogP contribution >= 0.6 is 11.3 Å². The average Bonchev–Trinajstić information content (AvgIpc) is 3.20. The maximum Gasteiger partial charge on any atom is 0.231 e. The summed E-state index contributed by atoms with van der Waals surface area (Å²) in [6, 6.07) is 21.2. The number of aromatic nitrogens is 1. The summed E-state index contributed by atoms with van der Waals surface area (Å²) in [6.07, 6.45) is 2.17. The van der Waals surface area contributed by atoms with E-state index in [-0.39, 0.29) is 0 Å². The van der Waals surface area contributed by atoms with Gasteiger partial charge in [-0.25, -0.2) is 4.98 Å². The second-order valence-electron chi connectivity index (χ2n) is 7.08. The van der Waals surface area contributed by atoms with Crippen LogP contribution in [0.2, 0.25) is 0 Å². The first-order chi connectivity index (χ1) is 15.2. The number of rotatable bonds is 8. The summed E-state index contributed by atoms with van der Waals surface area (Å²) < 4.78 is 6.78. The van der Waals surface area contributed by atoms with E-state index >= 15 is 0 Å². The fourth-order valence-electron chi connectivity index (χ4n) is 2.81. The summed E-state index contributed by atoms with van der Waals surface area (Å²) >= 11 is 1.53. The highest BCUT2D eigenvalue weighted by Gasteiger charge is 2.03. The first kappa shape index (κ1) is 20.8.